The first-order valence-corrected chi connectivity index (χ1v) is 14.8. The van der Waals surface area contributed by atoms with E-state index in [0.717, 1.165) is 35.0 Å². The number of fused-ring (bicyclic) bond motifs is 3. The average molecular weight is 539 g/mol. The highest BCUT2D eigenvalue weighted by Crippen LogP contribution is 2.40. The molecule has 200 valence electrons. The largest absolute Gasteiger partial charge is 0.276 e. The molecule has 2 heteroatoms. The highest BCUT2D eigenvalue weighted by atomic mass is 14.8. The van der Waals surface area contributed by atoms with Gasteiger partial charge in [0.05, 0.1) is 17.3 Å². The minimum Gasteiger partial charge on any atom is -0.276 e. The summed E-state index contributed by atoms with van der Waals surface area (Å²) in [6, 6.07) is 34.9. The Morgan fingerprint density at radius 1 is 0.667 bits per heavy atom. The molecule has 3 aliphatic rings. The molecule has 5 aromatic rings. The van der Waals surface area contributed by atoms with Gasteiger partial charge >= 0.3 is 0 Å². The molecule has 4 aromatic carbocycles. The van der Waals surface area contributed by atoms with Gasteiger partial charge in [-0.1, -0.05) is 127 Å². The number of rotatable bonds is 4. The van der Waals surface area contributed by atoms with Crippen LogP contribution < -0.4 is 0 Å². The van der Waals surface area contributed by atoms with Gasteiger partial charge < -0.3 is 0 Å². The van der Waals surface area contributed by atoms with E-state index in [1.165, 1.54) is 44.2 Å². The lowest BCUT2D eigenvalue weighted by Gasteiger charge is -2.31. The monoisotopic (exact) mass is 538 g/mol. The summed E-state index contributed by atoms with van der Waals surface area (Å²) < 4.78 is 0. The zero-order chi connectivity index (χ0) is 27.9. The number of nitrogens with zero attached hydrogens (tertiary/aromatic N) is 2. The highest BCUT2D eigenvalue weighted by Gasteiger charge is 2.29. The molecule has 0 fully saturated rings. The first kappa shape index (κ1) is 24.7. The second kappa shape index (κ2) is 10.4. The van der Waals surface area contributed by atoms with Gasteiger partial charge in [0.2, 0.25) is 0 Å². The topological polar surface area (TPSA) is 25.2 Å². The summed E-state index contributed by atoms with van der Waals surface area (Å²) in [5.74, 6) is 0.454. The maximum atomic E-state index is 5.38. The number of pyridine rings is 1. The van der Waals surface area contributed by atoms with E-state index in [4.69, 9.17) is 4.99 Å². The number of dihydropyridines is 1. The van der Waals surface area contributed by atoms with Crippen molar-refractivity contribution in [2.24, 2.45) is 10.9 Å². The van der Waals surface area contributed by atoms with Crippen LogP contribution in [0.2, 0.25) is 0 Å². The van der Waals surface area contributed by atoms with Gasteiger partial charge in [-0.2, -0.15) is 0 Å². The van der Waals surface area contributed by atoms with Gasteiger partial charge in [0.25, 0.3) is 0 Å². The molecule has 8 rings (SSSR count). The highest BCUT2D eigenvalue weighted by molar-refractivity contribution is 6.16. The Morgan fingerprint density at radius 3 is 2.36 bits per heavy atom. The van der Waals surface area contributed by atoms with Crippen molar-refractivity contribution in [3.05, 3.63) is 168 Å². The van der Waals surface area contributed by atoms with Crippen LogP contribution in [0.25, 0.3) is 38.4 Å². The van der Waals surface area contributed by atoms with Crippen LogP contribution in [0.3, 0.4) is 0 Å². The third kappa shape index (κ3) is 4.46. The molecule has 2 aliphatic carbocycles. The van der Waals surface area contributed by atoms with Gasteiger partial charge in [-0.05, 0) is 64.1 Å². The molecule has 2 unspecified atom stereocenters. The fourth-order valence-corrected chi connectivity index (χ4v) is 6.57. The summed E-state index contributed by atoms with van der Waals surface area (Å²) in [6.07, 6.45) is 19.8. The second-order valence-electron chi connectivity index (χ2n) is 11.3. The molecule has 2 heterocycles. The van der Waals surface area contributed by atoms with Crippen LogP contribution in [0.15, 0.2) is 162 Å². The van der Waals surface area contributed by atoms with Crippen LogP contribution in [0, 0.1) is 5.92 Å². The Balaban J connectivity index is 1.21. The summed E-state index contributed by atoms with van der Waals surface area (Å²) in [4.78, 5) is 10.1. The Kier molecular flexibility index (Phi) is 6.11. The van der Waals surface area contributed by atoms with Crippen molar-refractivity contribution in [3.8, 4) is 11.1 Å². The van der Waals surface area contributed by atoms with Gasteiger partial charge in [0, 0.05) is 28.6 Å². The minimum atomic E-state index is 0.104. The van der Waals surface area contributed by atoms with E-state index in [-0.39, 0.29) is 6.04 Å². The maximum absolute atomic E-state index is 5.38. The molecule has 0 saturated heterocycles. The Bertz CT molecular complexity index is 2030. The normalized spacial score (nSPS) is 19.6. The van der Waals surface area contributed by atoms with Crippen LogP contribution >= 0.6 is 0 Å². The molecular weight excluding hydrogens is 508 g/mol. The number of aliphatic imine (C=N–C) groups is 1. The molecule has 42 heavy (non-hydrogen) atoms. The molecule has 2 atom stereocenters. The molecule has 1 aliphatic heterocycles. The van der Waals surface area contributed by atoms with E-state index in [9.17, 15) is 0 Å². The van der Waals surface area contributed by atoms with Gasteiger partial charge in [0.1, 0.15) is 0 Å². The molecular formula is C40H30N2. The Hall–Kier alpha value is -5.08. The van der Waals surface area contributed by atoms with Crippen molar-refractivity contribution in [3.63, 3.8) is 0 Å². The zero-order valence-electron chi connectivity index (χ0n) is 23.3. The molecule has 0 bridgehead atoms. The number of hydrogen-bond donors (Lipinski definition) is 0. The summed E-state index contributed by atoms with van der Waals surface area (Å²) in [7, 11) is 0. The van der Waals surface area contributed by atoms with E-state index in [1.54, 1.807) is 0 Å². The standard InChI is InChI=1S/C40H30N2/c1-2-8-27(9-3-1)33-21-22-36-37(26-38(42-39(36)25-33)34-20-15-28-10-4-5-11-32(28)24-34)30-18-16-29(17-19-30)35-14-6-12-31-13-7-23-41-40(31)35/h1-8,10-24,26-27,39H,9,25H2. The maximum Gasteiger partial charge on any atom is 0.0799 e. The predicted molar refractivity (Wildman–Crippen MR) is 177 cm³/mol. The smallest absolute Gasteiger partial charge is 0.0799 e. The van der Waals surface area contributed by atoms with Gasteiger partial charge in [0.15, 0.2) is 0 Å². The first-order chi connectivity index (χ1) is 20.8. The number of aromatic nitrogens is 1. The van der Waals surface area contributed by atoms with Crippen molar-refractivity contribution in [1.29, 1.82) is 0 Å². The SMILES string of the molecule is C1=CCC(C2=CC=C3C(c4ccc(-c5cccc6cccnc56)cc4)=CC(c4ccc5ccccc5c4)=NC3C2)C=C1. The van der Waals surface area contributed by atoms with Gasteiger partial charge in [-0.3, -0.25) is 9.98 Å². The van der Waals surface area contributed by atoms with Gasteiger partial charge in [-0.25, -0.2) is 0 Å². The van der Waals surface area contributed by atoms with Crippen LogP contribution in [0.1, 0.15) is 24.0 Å². The molecule has 2 nitrogen and oxygen atoms in total. The number of para-hydroxylation sites is 1. The van der Waals surface area contributed by atoms with E-state index >= 15 is 0 Å². The first-order valence-electron chi connectivity index (χ1n) is 14.8. The third-order valence-electron chi connectivity index (χ3n) is 8.79. The molecule has 0 amide bonds. The lowest BCUT2D eigenvalue weighted by molar-refractivity contribution is 0.660. The van der Waals surface area contributed by atoms with Crippen LogP contribution in [-0.4, -0.2) is 16.7 Å². The fraction of sp³-hybridized carbons (Fsp3) is 0.100. The van der Waals surface area contributed by atoms with Crippen molar-refractivity contribution in [2.45, 2.75) is 18.9 Å². The van der Waals surface area contributed by atoms with Crippen molar-refractivity contribution < 1.29 is 0 Å². The molecule has 0 radical (unpaired) electrons. The van der Waals surface area contributed by atoms with Crippen molar-refractivity contribution in [2.75, 3.05) is 0 Å². The van der Waals surface area contributed by atoms with Crippen LogP contribution in [0.5, 0.6) is 0 Å². The van der Waals surface area contributed by atoms with E-state index in [1.807, 2.05) is 12.3 Å². The quantitative estimate of drug-likeness (QED) is 0.224. The minimum absolute atomic E-state index is 0.104. The average Bonchev–Trinajstić information content (AvgIpc) is 3.07. The number of hydrogen-bond acceptors (Lipinski definition) is 2. The predicted octanol–water partition coefficient (Wildman–Crippen LogP) is 9.70. The van der Waals surface area contributed by atoms with E-state index in [0.29, 0.717) is 5.92 Å². The molecule has 1 aromatic heterocycles. The second-order valence-corrected chi connectivity index (χ2v) is 11.3. The summed E-state index contributed by atoms with van der Waals surface area (Å²) in [6.45, 7) is 0. The lowest BCUT2D eigenvalue weighted by atomic mass is 9.78. The fourth-order valence-electron chi connectivity index (χ4n) is 6.57. The zero-order valence-corrected chi connectivity index (χ0v) is 23.3. The van der Waals surface area contributed by atoms with Crippen LogP contribution in [0.4, 0.5) is 0 Å². The van der Waals surface area contributed by atoms with Crippen molar-refractivity contribution >= 4 is 33.0 Å². The molecule has 0 N–H and O–H groups in total. The number of allylic oxidation sites excluding steroid dienone is 7. The summed E-state index contributed by atoms with van der Waals surface area (Å²) in [5.41, 5.74) is 10.8. The summed E-state index contributed by atoms with van der Waals surface area (Å²) >= 11 is 0. The Morgan fingerprint density at radius 2 is 1.48 bits per heavy atom. The lowest BCUT2D eigenvalue weighted by Crippen LogP contribution is -2.23. The molecule has 0 spiro atoms. The number of benzene rings is 4. The third-order valence-corrected chi connectivity index (χ3v) is 8.79. The van der Waals surface area contributed by atoms with Gasteiger partial charge in [-0.15, -0.1) is 0 Å². The van der Waals surface area contributed by atoms with Crippen LogP contribution in [-0.2, 0) is 0 Å². The molecule has 0 saturated carbocycles. The van der Waals surface area contributed by atoms with Crippen molar-refractivity contribution in [1.82, 2.24) is 4.98 Å². The van der Waals surface area contributed by atoms with E-state index < -0.39 is 0 Å². The van der Waals surface area contributed by atoms with E-state index in [2.05, 4.69) is 139 Å². The Labute approximate surface area is 246 Å². The summed E-state index contributed by atoms with van der Waals surface area (Å²) in [5, 5.41) is 3.65.